The van der Waals surface area contributed by atoms with Gasteiger partial charge in [0.15, 0.2) is 11.5 Å². The second kappa shape index (κ2) is 8.96. The Kier molecular flexibility index (Phi) is 6.65. The summed E-state index contributed by atoms with van der Waals surface area (Å²) in [6.45, 7) is 8.47. The summed E-state index contributed by atoms with van der Waals surface area (Å²) in [5, 5.41) is 0. The van der Waals surface area contributed by atoms with Crippen LogP contribution in [0.2, 0.25) is 0 Å². The first-order chi connectivity index (χ1) is 12.6. The van der Waals surface area contributed by atoms with Crippen LogP contribution in [0.4, 0.5) is 0 Å². The van der Waals surface area contributed by atoms with Gasteiger partial charge in [-0.3, -0.25) is 0 Å². The lowest BCUT2D eigenvalue weighted by molar-refractivity contribution is -1.03. The summed E-state index contributed by atoms with van der Waals surface area (Å²) in [5.41, 5.74) is 1.20. The number of hydrogen-bond donors (Lipinski definition) is 2. The van der Waals surface area contributed by atoms with Gasteiger partial charge in [0.05, 0.1) is 32.9 Å². The van der Waals surface area contributed by atoms with Crippen molar-refractivity contribution >= 4 is 0 Å². The Hall–Kier alpha value is -1.46. The summed E-state index contributed by atoms with van der Waals surface area (Å²) in [6, 6.07) is 4.92. The maximum Gasteiger partial charge on any atom is 0.164 e. The molecule has 1 heterocycles. The topological polar surface area (TPSA) is 36.6 Å². The molecule has 2 N–H and O–H groups in total. The van der Waals surface area contributed by atoms with Gasteiger partial charge in [0, 0.05) is 12.5 Å². The normalized spacial score (nSPS) is 29.2. The molecule has 2 atom stereocenters. The monoisotopic (exact) mass is 364 g/mol. The highest BCUT2D eigenvalue weighted by Crippen LogP contribution is 2.34. The first kappa shape index (κ1) is 19.3. The molecule has 1 aliphatic carbocycles. The van der Waals surface area contributed by atoms with Crippen LogP contribution in [-0.2, 0) is 6.54 Å². The lowest BCUT2D eigenvalue weighted by Crippen LogP contribution is -3.29. The lowest BCUT2D eigenvalue weighted by atomic mass is 9.86. The minimum atomic E-state index is 0.726. The van der Waals surface area contributed by atoms with Crippen LogP contribution in [-0.4, -0.2) is 53.6 Å². The molecule has 1 saturated carbocycles. The van der Waals surface area contributed by atoms with Crippen molar-refractivity contribution in [3.63, 3.8) is 0 Å². The fourth-order valence-corrected chi connectivity index (χ4v) is 4.81. The van der Waals surface area contributed by atoms with Crippen molar-refractivity contribution in [2.75, 3.05) is 47.5 Å². The maximum atomic E-state index is 5.60. The molecule has 0 aromatic heterocycles. The third-order valence-electron chi connectivity index (χ3n) is 6.34. The van der Waals surface area contributed by atoms with Crippen LogP contribution >= 0.6 is 0 Å². The van der Waals surface area contributed by atoms with Crippen LogP contribution in [0.5, 0.6) is 17.2 Å². The predicted molar refractivity (Wildman–Crippen MR) is 103 cm³/mol. The number of ether oxygens (including phenoxy) is 3. The zero-order valence-corrected chi connectivity index (χ0v) is 16.9. The Morgan fingerprint density at radius 3 is 2.15 bits per heavy atom. The van der Waals surface area contributed by atoms with Crippen molar-refractivity contribution in [2.24, 2.45) is 5.92 Å². The number of benzene rings is 1. The van der Waals surface area contributed by atoms with E-state index in [2.05, 4.69) is 13.0 Å². The van der Waals surface area contributed by atoms with E-state index in [0.717, 1.165) is 35.8 Å². The average Bonchev–Trinajstić information content (AvgIpc) is 2.68. The van der Waals surface area contributed by atoms with E-state index in [-0.39, 0.29) is 0 Å². The van der Waals surface area contributed by atoms with E-state index in [0.29, 0.717) is 0 Å². The summed E-state index contributed by atoms with van der Waals surface area (Å²) in [4.78, 5) is 3.49. The average molecular weight is 365 g/mol. The molecule has 1 aromatic carbocycles. The van der Waals surface area contributed by atoms with Crippen LogP contribution < -0.4 is 24.0 Å². The summed E-state index contributed by atoms with van der Waals surface area (Å²) in [7, 11) is 5.08. The Bertz CT molecular complexity index is 585. The van der Waals surface area contributed by atoms with Gasteiger partial charge in [0.25, 0.3) is 0 Å². The fraction of sp³-hybridized carbons (Fsp3) is 0.714. The molecule has 0 amide bonds. The van der Waals surface area contributed by atoms with Gasteiger partial charge in [0.1, 0.15) is 38.5 Å². The van der Waals surface area contributed by atoms with Crippen molar-refractivity contribution in [1.29, 1.82) is 0 Å². The van der Waals surface area contributed by atoms with E-state index in [1.165, 1.54) is 57.4 Å². The maximum absolute atomic E-state index is 5.60. The van der Waals surface area contributed by atoms with Crippen LogP contribution in [0, 0.1) is 5.92 Å². The van der Waals surface area contributed by atoms with Gasteiger partial charge >= 0.3 is 0 Å². The SMILES string of the molecule is COc1cc(OC)c(OC)cc1C[NH+]1CC[NH+](C2CCCC(C)C2)CC1. The smallest absolute Gasteiger partial charge is 0.164 e. The van der Waals surface area contributed by atoms with Gasteiger partial charge in [-0.15, -0.1) is 0 Å². The van der Waals surface area contributed by atoms with Crippen molar-refractivity contribution in [3.8, 4) is 17.2 Å². The largest absolute Gasteiger partial charge is 0.496 e. The standard InChI is InChI=1S/C21H34N2O3/c1-16-6-5-7-18(12-16)23-10-8-22(9-11-23)15-17-13-20(25-3)21(26-4)14-19(17)24-2/h13-14,16,18H,5-12,15H2,1-4H3/p+2. The Morgan fingerprint density at radius 2 is 1.54 bits per heavy atom. The fourth-order valence-electron chi connectivity index (χ4n) is 4.81. The van der Waals surface area contributed by atoms with Gasteiger partial charge in [0.2, 0.25) is 0 Å². The second-order valence-electron chi connectivity index (χ2n) is 8.07. The third kappa shape index (κ3) is 4.44. The van der Waals surface area contributed by atoms with Crippen molar-refractivity contribution in [2.45, 2.75) is 45.2 Å². The number of hydrogen-bond acceptors (Lipinski definition) is 3. The zero-order chi connectivity index (χ0) is 18.5. The quantitative estimate of drug-likeness (QED) is 0.775. The minimum absolute atomic E-state index is 0.726. The number of nitrogens with one attached hydrogen (secondary N) is 2. The number of methoxy groups -OCH3 is 3. The van der Waals surface area contributed by atoms with Crippen molar-refractivity contribution in [1.82, 2.24) is 0 Å². The van der Waals surface area contributed by atoms with Crippen LogP contribution in [0.1, 0.15) is 38.2 Å². The van der Waals surface area contributed by atoms with Gasteiger partial charge in [-0.1, -0.05) is 13.3 Å². The molecule has 0 spiro atoms. The zero-order valence-electron chi connectivity index (χ0n) is 16.9. The highest BCUT2D eigenvalue weighted by Gasteiger charge is 2.32. The first-order valence-corrected chi connectivity index (χ1v) is 10.1. The van der Waals surface area contributed by atoms with Gasteiger partial charge in [-0.05, 0) is 24.8 Å². The Labute approximate surface area is 158 Å². The summed E-state index contributed by atoms with van der Waals surface area (Å²) in [5.74, 6) is 3.32. The third-order valence-corrected chi connectivity index (χ3v) is 6.34. The molecule has 5 nitrogen and oxygen atoms in total. The van der Waals surface area contributed by atoms with E-state index < -0.39 is 0 Å². The Morgan fingerprint density at radius 1 is 0.885 bits per heavy atom. The lowest BCUT2D eigenvalue weighted by Gasteiger charge is -2.37. The minimum Gasteiger partial charge on any atom is -0.496 e. The molecular formula is C21H36N2O3+2. The van der Waals surface area contributed by atoms with Crippen LogP contribution in [0.3, 0.4) is 0 Å². The van der Waals surface area contributed by atoms with Crippen LogP contribution in [0.15, 0.2) is 12.1 Å². The summed E-state index contributed by atoms with van der Waals surface area (Å²) in [6.07, 6.45) is 5.71. The molecule has 5 heteroatoms. The highest BCUT2D eigenvalue weighted by molar-refractivity contribution is 5.50. The first-order valence-electron chi connectivity index (χ1n) is 10.1. The van der Waals surface area contributed by atoms with E-state index in [9.17, 15) is 0 Å². The molecule has 0 radical (unpaired) electrons. The van der Waals surface area contributed by atoms with Gasteiger partial charge < -0.3 is 24.0 Å². The molecule has 2 unspecified atom stereocenters. The van der Waals surface area contributed by atoms with E-state index in [1.807, 2.05) is 11.0 Å². The molecule has 0 bridgehead atoms. The molecule has 1 saturated heterocycles. The van der Waals surface area contributed by atoms with E-state index >= 15 is 0 Å². The highest BCUT2D eigenvalue weighted by atomic mass is 16.5. The molecule has 26 heavy (non-hydrogen) atoms. The van der Waals surface area contributed by atoms with E-state index in [1.54, 1.807) is 26.2 Å². The Balaban J connectivity index is 1.60. The molecule has 1 aliphatic heterocycles. The molecule has 2 aliphatic rings. The van der Waals surface area contributed by atoms with Crippen molar-refractivity contribution < 1.29 is 24.0 Å². The molecule has 2 fully saturated rings. The van der Waals surface area contributed by atoms with Crippen LogP contribution in [0.25, 0.3) is 0 Å². The van der Waals surface area contributed by atoms with Crippen molar-refractivity contribution in [3.05, 3.63) is 17.7 Å². The van der Waals surface area contributed by atoms with Gasteiger partial charge in [-0.2, -0.15) is 0 Å². The van der Waals surface area contributed by atoms with E-state index in [4.69, 9.17) is 14.2 Å². The number of piperazine rings is 1. The number of rotatable bonds is 6. The predicted octanol–water partition coefficient (Wildman–Crippen LogP) is 0.575. The molecule has 1 aromatic rings. The summed E-state index contributed by atoms with van der Waals surface area (Å²) >= 11 is 0. The van der Waals surface area contributed by atoms with Gasteiger partial charge in [-0.25, -0.2) is 0 Å². The second-order valence-corrected chi connectivity index (χ2v) is 8.07. The summed E-state index contributed by atoms with van der Waals surface area (Å²) < 4.78 is 16.5. The molecule has 3 rings (SSSR count). The molecular weight excluding hydrogens is 328 g/mol. The molecule has 146 valence electrons. The number of quaternary nitrogens is 2.